The van der Waals surface area contributed by atoms with E-state index in [0.29, 0.717) is 6.42 Å². The SMILES string of the molecule is CC[C@H](C)[C@@H]1NC(=O)[C@H](C(=O)c2ccc(O)cc2)NC(=O)[C@@H](N)CSSC[C@@H](C(=O)N2CCC[C@@H]2C(=O)NC(=O)CNC(=O)[C@@H](N)CC(C)C)NC(=O)[C@H](CC(N)=O)NC(=O)[C@H](CCC(N)=O)NC1=O. The first-order valence-electron chi connectivity index (χ1n) is 22.5. The number of likely N-dealkylation sites (tertiary alicyclic amines) is 1. The molecule has 0 aromatic heterocycles. The van der Waals surface area contributed by atoms with Gasteiger partial charge in [-0.2, -0.15) is 0 Å². The highest BCUT2D eigenvalue weighted by atomic mass is 33.1. The van der Waals surface area contributed by atoms with Crippen molar-refractivity contribution in [1.82, 2.24) is 42.1 Å². The summed E-state index contributed by atoms with van der Waals surface area (Å²) in [5, 5.41) is 26.4. The molecule has 11 amide bonds. The van der Waals surface area contributed by atoms with E-state index in [2.05, 4.69) is 37.2 Å². The van der Waals surface area contributed by atoms with Crippen LogP contribution in [0.3, 0.4) is 0 Å². The van der Waals surface area contributed by atoms with Crippen molar-refractivity contribution in [2.24, 2.45) is 34.8 Å². The third-order valence-electron chi connectivity index (χ3n) is 11.2. The van der Waals surface area contributed by atoms with Crippen LogP contribution in [0.1, 0.15) is 83.0 Å². The number of aromatic hydroxyl groups is 1. The summed E-state index contributed by atoms with van der Waals surface area (Å²) in [5.41, 5.74) is 22.8. The number of hydrogen-bond acceptors (Lipinski definition) is 17. The molecule has 0 radical (unpaired) electrons. The Hall–Kier alpha value is -6.32. The molecule has 3 rings (SSSR count). The van der Waals surface area contributed by atoms with Crippen LogP contribution in [0.15, 0.2) is 24.3 Å². The second-order valence-corrected chi connectivity index (χ2v) is 19.9. The minimum absolute atomic E-state index is 0.0148. The van der Waals surface area contributed by atoms with Crippen molar-refractivity contribution >= 4 is 92.4 Å². The summed E-state index contributed by atoms with van der Waals surface area (Å²) in [7, 11) is 1.86. The van der Waals surface area contributed by atoms with Crippen molar-refractivity contribution in [1.29, 1.82) is 0 Å². The van der Waals surface area contributed by atoms with Crippen molar-refractivity contribution in [3.8, 4) is 5.75 Å². The van der Waals surface area contributed by atoms with E-state index in [9.17, 15) is 62.6 Å². The summed E-state index contributed by atoms with van der Waals surface area (Å²) in [6.07, 6.45) is -0.803. The van der Waals surface area contributed by atoms with Crippen LogP contribution >= 0.6 is 21.6 Å². The second kappa shape index (κ2) is 27.8. The number of benzene rings is 1. The number of nitrogens with two attached hydrogens (primary N) is 4. The molecule has 16 N–H and O–H groups in total. The zero-order valence-electron chi connectivity index (χ0n) is 39.3. The molecule has 70 heavy (non-hydrogen) atoms. The smallest absolute Gasteiger partial charge is 0.251 e. The van der Waals surface area contributed by atoms with E-state index in [1.54, 1.807) is 13.8 Å². The number of carbonyl (C=O) groups excluding carboxylic acids is 12. The summed E-state index contributed by atoms with van der Waals surface area (Å²) >= 11 is 0. The lowest BCUT2D eigenvalue weighted by Crippen LogP contribution is -2.62. The molecule has 2 fully saturated rings. The number of phenolic OH excluding ortho intramolecular Hbond substituents is 1. The first kappa shape index (κ1) is 58.0. The second-order valence-electron chi connectivity index (χ2n) is 17.3. The Balaban J connectivity index is 2.02. The predicted molar refractivity (Wildman–Crippen MR) is 255 cm³/mol. The molecule has 2 aliphatic rings. The molecule has 386 valence electrons. The van der Waals surface area contributed by atoms with E-state index < -0.39 is 151 Å². The number of hydrogen-bond donors (Lipinski definition) is 12. The number of amides is 11. The monoisotopic (exact) mass is 1020 g/mol. The van der Waals surface area contributed by atoms with Crippen molar-refractivity contribution in [3.63, 3.8) is 0 Å². The molecule has 0 aliphatic carbocycles. The Bertz CT molecular complexity index is 2130. The molecule has 2 aliphatic heterocycles. The highest BCUT2D eigenvalue weighted by Crippen LogP contribution is 2.26. The van der Waals surface area contributed by atoms with Crippen molar-refractivity contribution in [2.75, 3.05) is 24.6 Å². The van der Waals surface area contributed by atoms with Crippen molar-refractivity contribution in [2.45, 2.75) is 121 Å². The predicted octanol–water partition coefficient (Wildman–Crippen LogP) is -3.97. The number of carbonyl (C=O) groups is 12. The van der Waals surface area contributed by atoms with Gasteiger partial charge in [0, 0.05) is 30.0 Å². The number of nitrogens with zero attached hydrogens (tertiary/aromatic N) is 1. The molecule has 2 saturated heterocycles. The van der Waals surface area contributed by atoms with Crippen LogP contribution in [0.2, 0.25) is 0 Å². The van der Waals surface area contributed by atoms with Gasteiger partial charge in [0.05, 0.1) is 25.0 Å². The lowest BCUT2D eigenvalue weighted by molar-refractivity contribution is -0.143. The van der Waals surface area contributed by atoms with Gasteiger partial charge in [-0.1, -0.05) is 55.7 Å². The molecule has 9 atom stereocenters. The molecular weight excluding hydrogens is 957 g/mol. The summed E-state index contributed by atoms with van der Waals surface area (Å²) in [5.74, 6) is -12.8. The van der Waals surface area contributed by atoms with Gasteiger partial charge in [0.2, 0.25) is 59.1 Å². The van der Waals surface area contributed by atoms with Crippen LogP contribution in [-0.2, 0) is 52.7 Å². The van der Waals surface area contributed by atoms with E-state index in [1.165, 1.54) is 24.3 Å². The van der Waals surface area contributed by atoms with Gasteiger partial charge in [0.25, 0.3) is 5.91 Å². The maximum atomic E-state index is 14.4. The van der Waals surface area contributed by atoms with Crippen LogP contribution in [0.4, 0.5) is 0 Å². The van der Waals surface area contributed by atoms with Crippen molar-refractivity contribution in [3.05, 3.63) is 29.8 Å². The maximum absolute atomic E-state index is 14.4. The fourth-order valence-corrected chi connectivity index (χ4v) is 9.45. The minimum Gasteiger partial charge on any atom is -0.508 e. The molecule has 0 saturated carbocycles. The average Bonchev–Trinajstić information content (AvgIpc) is 3.80. The molecular formula is C43H64N12O13S2. The molecule has 0 unspecified atom stereocenters. The summed E-state index contributed by atoms with van der Waals surface area (Å²) in [6, 6.07) is -7.26. The number of nitrogens with one attached hydrogen (secondary N) is 7. The molecule has 0 bridgehead atoms. The largest absolute Gasteiger partial charge is 0.508 e. The Morgan fingerprint density at radius 1 is 0.814 bits per heavy atom. The van der Waals surface area contributed by atoms with E-state index in [1.807, 2.05) is 13.8 Å². The number of primary amides is 2. The minimum atomic E-state index is -1.99. The number of phenols is 1. The number of Topliss-reactive ketones (excluding diaryl/α,β-unsaturated/α-hetero) is 1. The molecule has 0 spiro atoms. The number of ketones is 1. The standard InChI is InChI=1S/C43H64N12O13S2/c1-5-21(4)33-41(66)49-26(12-13-30(46)57)38(63)50-27(16-31(47)58)39(64)51-28(43(68)55-14-6-7-29(55)40(65)52-32(59)17-48-36(61)24(44)15-20(2)3)19-70-69-18-25(45)37(62)54-34(42(67)53-33)35(60)22-8-10-23(56)11-9-22/h8-11,20-21,24-29,33-34,56H,5-7,12-19,44-45H2,1-4H3,(H2,46,57)(H2,47,58)(H,48,61)(H,49,66)(H,50,63)(H,51,64)(H,53,67)(H,54,62)(H,52,59,65)/t21-,24-,25-,26-,27-,28-,29+,33-,34-/m0/s1. The average molecular weight is 1020 g/mol. The maximum Gasteiger partial charge on any atom is 0.251 e. The topological polar surface area (TPSA) is 417 Å². The van der Waals surface area contributed by atoms with Gasteiger partial charge in [-0.25, -0.2) is 0 Å². The molecule has 2 heterocycles. The Labute approximate surface area is 411 Å². The van der Waals surface area contributed by atoms with Crippen molar-refractivity contribution < 1.29 is 62.6 Å². The lowest BCUT2D eigenvalue weighted by Gasteiger charge is -2.30. The third kappa shape index (κ3) is 17.9. The van der Waals surface area contributed by atoms with E-state index in [0.717, 1.165) is 26.5 Å². The highest BCUT2D eigenvalue weighted by Gasteiger charge is 2.41. The Kier molecular flexibility index (Phi) is 23.0. The zero-order chi connectivity index (χ0) is 52.4. The van der Waals surface area contributed by atoms with Gasteiger partial charge in [-0.15, -0.1) is 0 Å². The van der Waals surface area contributed by atoms with E-state index in [4.69, 9.17) is 22.9 Å². The summed E-state index contributed by atoms with van der Waals surface area (Å²) < 4.78 is 0. The first-order chi connectivity index (χ1) is 32.9. The summed E-state index contributed by atoms with van der Waals surface area (Å²) in [6.45, 7) is 6.36. The van der Waals surface area contributed by atoms with Gasteiger partial charge in [-0.3, -0.25) is 62.9 Å². The Morgan fingerprint density at radius 2 is 1.44 bits per heavy atom. The summed E-state index contributed by atoms with van der Waals surface area (Å²) in [4.78, 5) is 162. The third-order valence-corrected chi connectivity index (χ3v) is 13.7. The molecule has 25 nitrogen and oxygen atoms in total. The Morgan fingerprint density at radius 3 is 2.06 bits per heavy atom. The number of imide groups is 1. The molecule has 1 aromatic carbocycles. The van der Waals surface area contributed by atoms with Crippen LogP contribution in [0, 0.1) is 11.8 Å². The van der Waals surface area contributed by atoms with Gasteiger partial charge < -0.3 is 64.8 Å². The van der Waals surface area contributed by atoms with E-state index >= 15 is 0 Å². The first-order valence-corrected chi connectivity index (χ1v) is 25.0. The van der Waals surface area contributed by atoms with Crippen LogP contribution in [0.25, 0.3) is 0 Å². The fourth-order valence-electron chi connectivity index (χ4n) is 7.17. The lowest BCUT2D eigenvalue weighted by atomic mass is 9.96. The van der Waals surface area contributed by atoms with Gasteiger partial charge in [-0.05, 0) is 61.8 Å². The normalized spacial score (nSPS) is 24.1. The fraction of sp³-hybridized carbons (Fsp3) is 0.581. The van der Waals surface area contributed by atoms with Crippen LogP contribution in [-0.4, -0.2) is 154 Å². The van der Waals surface area contributed by atoms with Gasteiger partial charge >= 0.3 is 0 Å². The van der Waals surface area contributed by atoms with Crippen LogP contribution < -0.4 is 60.2 Å². The quantitative estimate of drug-likeness (QED) is 0.0427. The number of rotatable bonds is 16. The highest BCUT2D eigenvalue weighted by molar-refractivity contribution is 8.76. The zero-order valence-corrected chi connectivity index (χ0v) is 40.9. The molecule has 1 aromatic rings. The molecule has 27 heteroatoms. The van der Waals surface area contributed by atoms with E-state index in [-0.39, 0.29) is 54.5 Å². The van der Waals surface area contributed by atoms with Crippen LogP contribution in [0.5, 0.6) is 5.75 Å². The van der Waals surface area contributed by atoms with Gasteiger partial charge in [0.1, 0.15) is 36.0 Å². The van der Waals surface area contributed by atoms with Gasteiger partial charge in [0.15, 0.2) is 11.8 Å².